The van der Waals surface area contributed by atoms with E-state index in [0.717, 1.165) is 0 Å². The number of para-hydroxylation sites is 1. The lowest BCUT2D eigenvalue weighted by atomic mass is 10.0. The number of fused-ring (bicyclic) bond motifs is 2. The molecular weight excluding hydrogens is 454 g/mol. The third kappa shape index (κ3) is 2.94. The van der Waals surface area contributed by atoms with Crippen molar-refractivity contribution in [1.82, 2.24) is 0 Å². The summed E-state index contributed by atoms with van der Waals surface area (Å²) in [4.78, 5) is 26.0. The van der Waals surface area contributed by atoms with Gasteiger partial charge in [0.15, 0.2) is 11.5 Å². The molecule has 9 heteroatoms. The zero-order valence-electron chi connectivity index (χ0n) is 15.4. The fourth-order valence-electron chi connectivity index (χ4n) is 3.63. The van der Waals surface area contributed by atoms with Gasteiger partial charge in [0, 0.05) is 23.4 Å². The lowest BCUT2D eigenvalue weighted by Gasteiger charge is -2.38. The van der Waals surface area contributed by atoms with Crippen LogP contribution >= 0.6 is 15.9 Å². The lowest BCUT2D eigenvalue weighted by Crippen LogP contribution is -2.43. The molecule has 0 bridgehead atoms. The smallest absolute Gasteiger partial charge is 0.283 e. The average Bonchev–Trinajstić information content (AvgIpc) is 3.22. The highest BCUT2D eigenvalue weighted by Gasteiger charge is 2.35. The molecule has 1 atom stereocenters. The van der Waals surface area contributed by atoms with E-state index < -0.39 is 11.1 Å². The summed E-state index contributed by atoms with van der Waals surface area (Å²) in [6.45, 7) is 0.121. The highest BCUT2D eigenvalue weighted by molar-refractivity contribution is 9.10. The topological polar surface area (TPSA) is 93.9 Å². The van der Waals surface area contributed by atoms with Crippen LogP contribution in [0.1, 0.15) is 22.1 Å². The van der Waals surface area contributed by atoms with E-state index in [4.69, 9.17) is 9.47 Å². The first-order valence-electron chi connectivity index (χ1n) is 9.05. The van der Waals surface area contributed by atoms with Gasteiger partial charge in [0.25, 0.3) is 11.6 Å². The van der Waals surface area contributed by atoms with Gasteiger partial charge in [0.2, 0.25) is 6.79 Å². The Labute approximate surface area is 179 Å². The average molecular weight is 468 g/mol. The molecule has 0 spiro atoms. The summed E-state index contributed by atoms with van der Waals surface area (Å²) in [6, 6.07) is 17.2. The van der Waals surface area contributed by atoms with Crippen molar-refractivity contribution >= 4 is 38.9 Å². The molecule has 0 aliphatic carbocycles. The van der Waals surface area contributed by atoms with Gasteiger partial charge in [-0.3, -0.25) is 19.8 Å². The summed E-state index contributed by atoms with van der Waals surface area (Å²) in [7, 11) is 0. The molecule has 1 N–H and O–H groups in total. The molecule has 0 radical (unpaired) electrons. The number of hydrogen-bond acceptors (Lipinski definition) is 6. The Morgan fingerprint density at radius 3 is 2.70 bits per heavy atom. The number of hydrogen-bond donors (Lipinski definition) is 1. The summed E-state index contributed by atoms with van der Waals surface area (Å²) in [5, 5.41) is 14.8. The molecule has 2 aliphatic rings. The van der Waals surface area contributed by atoms with Gasteiger partial charge in [0.05, 0.1) is 20.6 Å². The van der Waals surface area contributed by atoms with Crippen LogP contribution in [0.3, 0.4) is 0 Å². The predicted octanol–water partition coefficient (Wildman–Crippen LogP) is 4.86. The second-order valence-electron chi connectivity index (χ2n) is 6.77. The molecule has 2 heterocycles. The number of amides is 1. The van der Waals surface area contributed by atoms with Crippen LogP contribution in [0.2, 0.25) is 0 Å². The summed E-state index contributed by atoms with van der Waals surface area (Å²) in [5.74, 6) is 0.922. The van der Waals surface area contributed by atoms with Gasteiger partial charge < -0.3 is 14.8 Å². The number of carbonyl (C=O) groups is 1. The fourth-order valence-corrected chi connectivity index (χ4v) is 4.02. The molecule has 150 valence electrons. The van der Waals surface area contributed by atoms with E-state index in [-0.39, 0.29) is 18.4 Å². The number of carbonyl (C=O) groups excluding carboxylic acids is 1. The molecule has 8 nitrogen and oxygen atoms in total. The molecular formula is C21H14BrN3O5. The van der Waals surface area contributed by atoms with E-state index in [1.165, 1.54) is 6.07 Å². The predicted molar refractivity (Wildman–Crippen MR) is 113 cm³/mol. The monoisotopic (exact) mass is 467 g/mol. The van der Waals surface area contributed by atoms with Gasteiger partial charge >= 0.3 is 0 Å². The van der Waals surface area contributed by atoms with Crippen LogP contribution in [0.25, 0.3) is 0 Å². The molecule has 2 aliphatic heterocycles. The van der Waals surface area contributed by atoms with Crippen LogP contribution < -0.4 is 19.7 Å². The number of anilines is 2. The normalized spacial score (nSPS) is 16.8. The second-order valence-corrected chi connectivity index (χ2v) is 7.63. The van der Waals surface area contributed by atoms with Crippen molar-refractivity contribution in [1.29, 1.82) is 0 Å². The number of nitrogens with zero attached hydrogens (tertiary/aromatic N) is 2. The number of nitro groups is 1. The van der Waals surface area contributed by atoms with Crippen LogP contribution in [-0.4, -0.2) is 17.6 Å². The quantitative estimate of drug-likeness (QED) is 0.436. The minimum absolute atomic E-state index is 0.0776. The van der Waals surface area contributed by atoms with Crippen molar-refractivity contribution in [3.05, 3.63) is 86.4 Å². The zero-order valence-corrected chi connectivity index (χ0v) is 17.0. The molecule has 30 heavy (non-hydrogen) atoms. The first-order chi connectivity index (χ1) is 14.5. The van der Waals surface area contributed by atoms with Crippen LogP contribution in [0.5, 0.6) is 11.5 Å². The summed E-state index contributed by atoms with van der Waals surface area (Å²) >= 11 is 3.21. The maximum absolute atomic E-state index is 13.5. The first-order valence-corrected chi connectivity index (χ1v) is 9.85. The maximum atomic E-state index is 13.5. The van der Waals surface area contributed by atoms with Crippen molar-refractivity contribution in [2.45, 2.75) is 6.17 Å². The molecule has 5 rings (SSSR count). The largest absolute Gasteiger partial charge is 0.454 e. The highest BCUT2D eigenvalue weighted by atomic mass is 79.9. The number of nitro benzene ring substituents is 1. The Bertz CT molecular complexity index is 1200. The second kappa shape index (κ2) is 7.03. The Kier molecular flexibility index (Phi) is 4.32. The summed E-state index contributed by atoms with van der Waals surface area (Å²) in [6.07, 6.45) is -0.653. The van der Waals surface area contributed by atoms with Crippen LogP contribution in [0.4, 0.5) is 17.1 Å². The fraction of sp³-hybridized carbons (Fsp3) is 0.0952. The Hall–Kier alpha value is -3.59. The number of halogens is 1. The van der Waals surface area contributed by atoms with Crippen molar-refractivity contribution in [2.75, 3.05) is 17.0 Å². The van der Waals surface area contributed by atoms with Crippen molar-refractivity contribution in [2.24, 2.45) is 0 Å². The van der Waals surface area contributed by atoms with E-state index in [9.17, 15) is 14.9 Å². The van der Waals surface area contributed by atoms with Crippen LogP contribution in [0, 0.1) is 10.1 Å². The molecule has 0 saturated heterocycles. The molecule has 3 aromatic rings. The van der Waals surface area contributed by atoms with Gasteiger partial charge in [-0.1, -0.05) is 18.2 Å². The Morgan fingerprint density at radius 1 is 1.07 bits per heavy atom. The molecule has 3 aromatic carbocycles. The SMILES string of the molecule is O=C1c2ccccc2NC(c2ccc(Br)c([N+](=O)[O-])c2)N1c1ccc2c(c1)OCO2. The molecule has 1 unspecified atom stereocenters. The van der Waals surface area contributed by atoms with E-state index in [1.807, 2.05) is 12.1 Å². The summed E-state index contributed by atoms with van der Waals surface area (Å²) < 4.78 is 11.2. The third-order valence-corrected chi connectivity index (χ3v) is 5.71. The highest BCUT2D eigenvalue weighted by Crippen LogP contribution is 2.42. The van der Waals surface area contributed by atoms with Gasteiger partial charge in [-0.25, -0.2) is 0 Å². The van der Waals surface area contributed by atoms with Crippen LogP contribution in [0.15, 0.2) is 65.1 Å². The standard InChI is InChI=1S/C21H14BrN3O5/c22-15-7-5-12(9-17(15)25(27)28)20-23-16-4-2-1-3-14(16)21(26)24(20)13-6-8-18-19(10-13)30-11-29-18/h1-10,20,23H,11H2. The first kappa shape index (κ1) is 18.4. The Morgan fingerprint density at radius 2 is 1.87 bits per heavy atom. The number of rotatable bonds is 3. The molecule has 0 saturated carbocycles. The third-order valence-electron chi connectivity index (χ3n) is 5.04. The number of benzene rings is 3. The van der Waals surface area contributed by atoms with Crippen LogP contribution in [-0.2, 0) is 0 Å². The van der Waals surface area contributed by atoms with Gasteiger partial charge in [-0.05, 0) is 46.3 Å². The lowest BCUT2D eigenvalue weighted by molar-refractivity contribution is -0.385. The van der Waals surface area contributed by atoms with E-state index in [1.54, 1.807) is 47.4 Å². The van der Waals surface area contributed by atoms with E-state index in [0.29, 0.717) is 38.5 Å². The number of ether oxygens (including phenoxy) is 2. The minimum atomic E-state index is -0.653. The van der Waals surface area contributed by atoms with Crippen molar-refractivity contribution in [3.8, 4) is 11.5 Å². The molecule has 0 fully saturated rings. The minimum Gasteiger partial charge on any atom is -0.454 e. The molecule has 1 amide bonds. The van der Waals surface area contributed by atoms with Gasteiger partial charge in [0.1, 0.15) is 6.17 Å². The van der Waals surface area contributed by atoms with Gasteiger partial charge in [-0.2, -0.15) is 0 Å². The Balaban J connectivity index is 1.66. The van der Waals surface area contributed by atoms with E-state index in [2.05, 4.69) is 21.2 Å². The van der Waals surface area contributed by atoms with Crippen molar-refractivity contribution < 1.29 is 19.2 Å². The molecule has 0 aromatic heterocycles. The number of nitrogens with one attached hydrogen (secondary N) is 1. The summed E-state index contributed by atoms with van der Waals surface area (Å²) in [5.41, 5.74) is 2.26. The van der Waals surface area contributed by atoms with E-state index >= 15 is 0 Å². The van der Waals surface area contributed by atoms with Gasteiger partial charge in [-0.15, -0.1) is 0 Å². The maximum Gasteiger partial charge on any atom is 0.283 e. The zero-order chi connectivity index (χ0) is 20.8. The van der Waals surface area contributed by atoms with Crippen molar-refractivity contribution in [3.63, 3.8) is 0 Å².